The van der Waals surface area contributed by atoms with Crippen LogP contribution in [0.5, 0.6) is 0 Å². The number of hydrogen-bond acceptors (Lipinski definition) is 3. The van der Waals surface area contributed by atoms with Gasteiger partial charge in [-0.05, 0) is 85.7 Å². The second-order valence-corrected chi connectivity index (χ2v) is 10.0. The van der Waals surface area contributed by atoms with Gasteiger partial charge in [-0.1, -0.05) is 42.6 Å². The molecular formula is C27H34Cl2N4. The maximum absolute atomic E-state index is 6.60. The van der Waals surface area contributed by atoms with Crippen LogP contribution in [0, 0.1) is 5.92 Å². The molecule has 0 bridgehead atoms. The van der Waals surface area contributed by atoms with Crippen molar-refractivity contribution in [3.05, 3.63) is 64.1 Å². The third-order valence-corrected chi connectivity index (χ3v) is 7.67. The molecule has 6 heteroatoms. The maximum Gasteiger partial charge on any atom is 0.124 e. The lowest BCUT2D eigenvalue weighted by Crippen LogP contribution is -2.51. The van der Waals surface area contributed by atoms with Crippen LogP contribution < -0.4 is 10.6 Å². The van der Waals surface area contributed by atoms with Gasteiger partial charge < -0.3 is 10.6 Å². The van der Waals surface area contributed by atoms with Crippen LogP contribution in [0.3, 0.4) is 0 Å². The monoisotopic (exact) mass is 484 g/mol. The highest BCUT2D eigenvalue weighted by Gasteiger charge is 2.27. The molecule has 4 nitrogen and oxygen atoms in total. The van der Waals surface area contributed by atoms with Crippen LogP contribution in [-0.2, 0) is 0 Å². The van der Waals surface area contributed by atoms with Crippen LogP contribution in [0.25, 0.3) is 6.08 Å². The standard InChI is InChI=1S/C27H34Cl2N4/c1-2-20-3-11-24(12-4-20)32-15-17-33(18-16-32)25-13-5-21(26(29)19-25)6-14-27(30)31-23-9-7-22(28)8-10-23/h5-10,13-14,19-20,24H,2-4,11-12,15-18H2,1H3,(H2,30,31). The van der Waals surface area contributed by atoms with Crippen molar-refractivity contribution in [1.29, 1.82) is 0 Å². The molecule has 0 spiro atoms. The van der Waals surface area contributed by atoms with Gasteiger partial charge in [0.25, 0.3) is 0 Å². The minimum Gasteiger partial charge on any atom is -0.384 e. The molecule has 1 aliphatic heterocycles. The van der Waals surface area contributed by atoms with Gasteiger partial charge in [0, 0.05) is 48.0 Å². The van der Waals surface area contributed by atoms with Crippen LogP contribution in [0.4, 0.5) is 11.4 Å². The lowest BCUT2D eigenvalue weighted by Gasteiger charge is -2.42. The van der Waals surface area contributed by atoms with Gasteiger partial charge >= 0.3 is 0 Å². The number of rotatable bonds is 6. The van der Waals surface area contributed by atoms with Gasteiger partial charge in [0.15, 0.2) is 0 Å². The first-order chi connectivity index (χ1) is 16.0. The predicted octanol–water partition coefficient (Wildman–Crippen LogP) is 6.79. The second kappa shape index (κ2) is 11.4. The van der Waals surface area contributed by atoms with Gasteiger partial charge in [0.1, 0.15) is 5.84 Å². The summed E-state index contributed by atoms with van der Waals surface area (Å²) in [5.74, 6) is 1.37. The zero-order valence-corrected chi connectivity index (χ0v) is 20.9. The zero-order chi connectivity index (χ0) is 23.2. The Morgan fingerprint density at radius 2 is 1.70 bits per heavy atom. The lowest BCUT2D eigenvalue weighted by molar-refractivity contribution is 0.128. The largest absolute Gasteiger partial charge is 0.384 e. The van der Waals surface area contributed by atoms with Crippen LogP contribution >= 0.6 is 23.2 Å². The number of benzene rings is 2. The molecule has 0 unspecified atom stereocenters. The zero-order valence-electron chi connectivity index (χ0n) is 19.4. The Morgan fingerprint density at radius 3 is 2.33 bits per heavy atom. The average molecular weight is 486 g/mol. The second-order valence-electron chi connectivity index (χ2n) is 9.16. The summed E-state index contributed by atoms with van der Waals surface area (Å²) >= 11 is 12.5. The number of nitrogens with two attached hydrogens (primary N) is 1. The van der Waals surface area contributed by atoms with Gasteiger partial charge in [-0.25, -0.2) is 4.99 Å². The van der Waals surface area contributed by atoms with Crippen molar-refractivity contribution >= 4 is 46.5 Å². The highest BCUT2D eigenvalue weighted by molar-refractivity contribution is 6.32. The number of anilines is 1. The topological polar surface area (TPSA) is 44.9 Å². The van der Waals surface area contributed by atoms with Crippen molar-refractivity contribution in [2.24, 2.45) is 16.6 Å². The van der Waals surface area contributed by atoms with Crippen molar-refractivity contribution in [3.63, 3.8) is 0 Å². The Labute approximate surface area is 208 Å². The Hall–Kier alpha value is -2.01. The molecule has 0 amide bonds. The number of nitrogens with zero attached hydrogens (tertiary/aromatic N) is 3. The van der Waals surface area contributed by atoms with E-state index >= 15 is 0 Å². The normalized spacial score (nSPS) is 22.8. The van der Waals surface area contributed by atoms with E-state index in [9.17, 15) is 0 Å². The van der Waals surface area contributed by atoms with Crippen molar-refractivity contribution in [3.8, 4) is 0 Å². The fourth-order valence-electron chi connectivity index (χ4n) is 4.99. The molecule has 176 valence electrons. The average Bonchev–Trinajstić information content (AvgIpc) is 2.85. The summed E-state index contributed by atoms with van der Waals surface area (Å²) in [4.78, 5) is 9.54. The first-order valence-corrected chi connectivity index (χ1v) is 12.8. The molecule has 1 saturated carbocycles. The third-order valence-electron chi connectivity index (χ3n) is 7.09. The molecule has 4 rings (SSSR count). The molecule has 2 N–H and O–H groups in total. The van der Waals surface area contributed by atoms with E-state index in [-0.39, 0.29) is 0 Å². The number of hydrogen-bond donors (Lipinski definition) is 1. The number of piperazine rings is 1. The van der Waals surface area contributed by atoms with E-state index in [2.05, 4.69) is 39.9 Å². The molecular weight excluding hydrogens is 451 g/mol. The van der Waals surface area contributed by atoms with Gasteiger partial charge in [-0.2, -0.15) is 0 Å². The molecule has 2 aliphatic rings. The summed E-state index contributed by atoms with van der Waals surface area (Å²) in [6, 6.07) is 14.3. The summed E-state index contributed by atoms with van der Waals surface area (Å²) in [5, 5.41) is 1.40. The summed E-state index contributed by atoms with van der Waals surface area (Å²) in [5.41, 5.74) is 8.94. The van der Waals surface area contributed by atoms with Crippen molar-refractivity contribution in [2.45, 2.75) is 45.1 Å². The van der Waals surface area contributed by atoms with E-state index in [1.807, 2.05) is 18.2 Å². The van der Waals surface area contributed by atoms with Gasteiger partial charge in [-0.3, -0.25) is 4.90 Å². The number of aliphatic imine (C=N–C) groups is 1. The van der Waals surface area contributed by atoms with Crippen molar-refractivity contribution < 1.29 is 0 Å². The molecule has 1 saturated heterocycles. The summed E-state index contributed by atoms with van der Waals surface area (Å²) in [7, 11) is 0. The highest BCUT2D eigenvalue weighted by atomic mass is 35.5. The fourth-order valence-corrected chi connectivity index (χ4v) is 5.35. The summed E-state index contributed by atoms with van der Waals surface area (Å²) < 4.78 is 0. The highest BCUT2D eigenvalue weighted by Crippen LogP contribution is 2.31. The quantitative estimate of drug-likeness (QED) is 0.362. The van der Waals surface area contributed by atoms with Gasteiger partial charge in [-0.15, -0.1) is 0 Å². The summed E-state index contributed by atoms with van der Waals surface area (Å²) in [6.45, 7) is 6.72. The first-order valence-electron chi connectivity index (χ1n) is 12.1. The van der Waals surface area contributed by atoms with Crippen LogP contribution in [0.2, 0.25) is 10.0 Å². The van der Waals surface area contributed by atoms with Crippen LogP contribution in [0.1, 0.15) is 44.6 Å². The fraction of sp³-hybridized carbons (Fsp3) is 0.444. The Balaban J connectivity index is 1.32. The Morgan fingerprint density at radius 1 is 1.00 bits per heavy atom. The minimum absolute atomic E-state index is 0.418. The molecule has 0 aromatic heterocycles. The van der Waals surface area contributed by atoms with E-state index in [4.69, 9.17) is 28.9 Å². The van der Waals surface area contributed by atoms with Gasteiger partial charge in [0.2, 0.25) is 0 Å². The lowest BCUT2D eigenvalue weighted by atomic mass is 9.84. The predicted molar refractivity (Wildman–Crippen MR) is 143 cm³/mol. The van der Waals surface area contributed by atoms with E-state index in [0.717, 1.165) is 54.4 Å². The Bertz CT molecular complexity index is 970. The SMILES string of the molecule is CCC1CCC(N2CCN(c3ccc(C=CC(N)=Nc4ccc(Cl)cc4)c(Cl)c3)CC2)CC1. The van der Waals surface area contributed by atoms with E-state index < -0.39 is 0 Å². The molecule has 2 aromatic rings. The first kappa shape index (κ1) is 24.1. The van der Waals surface area contributed by atoms with Crippen LogP contribution in [0.15, 0.2) is 53.5 Å². The third kappa shape index (κ3) is 6.53. The number of amidine groups is 1. The molecule has 2 aromatic carbocycles. The van der Waals surface area contributed by atoms with E-state index in [1.165, 1.54) is 37.8 Å². The minimum atomic E-state index is 0.418. The smallest absolute Gasteiger partial charge is 0.124 e. The van der Waals surface area contributed by atoms with Gasteiger partial charge in [0.05, 0.1) is 5.69 Å². The number of halogens is 2. The van der Waals surface area contributed by atoms with E-state index in [1.54, 1.807) is 18.2 Å². The molecule has 1 heterocycles. The molecule has 1 aliphatic carbocycles. The molecule has 2 fully saturated rings. The van der Waals surface area contributed by atoms with E-state index in [0.29, 0.717) is 10.9 Å². The molecule has 0 radical (unpaired) electrons. The van der Waals surface area contributed by atoms with Crippen LogP contribution in [-0.4, -0.2) is 43.0 Å². The van der Waals surface area contributed by atoms with Crippen molar-refractivity contribution in [1.82, 2.24) is 4.90 Å². The van der Waals surface area contributed by atoms with Crippen molar-refractivity contribution in [2.75, 3.05) is 31.1 Å². The Kier molecular flexibility index (Phi) is 8.34. The summed E-state index contributed by atoms with van der Waals surface area (Å²) in [6.07, 6.45) is 10.6. The molecule has 0 atom stereocenters. The maximum atomic E-state index is 6.60. The molecule has 33 heavy (non-hydrogen) atoms.